The van der Waals surface area contributed by atoms with E-state index in [1.165, 1.54) is 30.4 Å². The van der Waals surface area contributed by atoms with Crippen LogP contribution >= 0.6 is 0 Å². The van der Waals surface area contributed by atoms with Gasteiger partial charge in [-0.1, -0.05) is 43.5 Å². The molecule has 0 spiro atoms. The van der Waals surface area contributed by atoms with Crippen molar-refractivity contribution in [2.75, 3.05) is 13.2 Å². The number of fused-ring (bicyclic) bond motifs is 2. The summed E-state index contributed by atoms with van der Waals surface area (Å²) < 4.78 is 7.74. The van der Waals surface area contributed by atoms with Gasteiger partial charge in [-0.2, -0.15) is 0 Å². The maximum atomic E-state index is 13.6. The SMILES string of the molecule is CCOc1ccc2[nH]c(=O)c([C@@H](c3nnnn3C3CCCCC3)N3CCc4ccccc4C3)cc2c1. The van der Waals surface area contributed by atoms with E-state index in [0.717, 1.165) is 54.8 Å². The van der Waals surface area contributed by atoms with Gasteiger partial charge >= 0.3 is 0 Å². The Labute approximate surface area is 210 Å². The third kappa shape index (κ3) is 4.30. The molecule has 186 valence electrons. The number of hydrogen-bond donors (Lipinski definition) is 1. The lowest BCUT2D eigenvalue weighted by atomic mass is 9.94. The van der Waals surface area contributed by atoms with Gasteiger partial charge in [0.1, 0.15) is 11.8 Å². The van der Waals surface area contributed by atoms with Crippen molar-refractivity contribution >= 4 is 10.9 Å². The monoisotopic (exact) mass is 484 g/mol. The molecule has 36 heavy (non-hydrogen) atoms. The van der Waals surface area contributed by atoms with Gasteiger partial charge in [0, 0.05) is 29.6 Å². The van der Waals surface area contributed by atoms with E-state index in [1.54, 1.807) is 0 Å². The van der Waals surface area contributed by atoms with E-state index in [9.17, 15) is 4.79 Å². The Morgan fingerprint density at radius 2 is 1.92 bits per heavy atom. The lowest BCUT2D eigenvalue weighted by Crippen LogP contribution is -2.39. The highest BCUT2D eigenvalue weighted by Crippen LogP contribution is 2.35. The highest BCUT2D eigenvalue weighted by molar-refractivity contribution is 5.80. The van der Waals surface area contributed by atoms with Gasteiger partial charge in [0.05, 0.1) is 12.6 Å². The van der Waals surface area contributed by atoms with Gasteiger partial charge in [-0.15, -0.1) is 5.10 Å². The van der Waals surface area contributed by atoms with Crippen LogP contribution in [0.4, 0.5) is 0 Å². The summed E-state index contributed by atoms with van der Waals surface area (Å²) in [6.45, 7) is 4.13. The number of H-pyrrole nitrogens is 1. The van der Waals surface area contributed by atoms with Gasteiger partial charge in [-0.3, -0.25) is 9.69 Å². The minimum atomic E-state index is -0.348. The Morgan fingerprint density at radius 3 is 2.75 bits per heavy atom. The summed E-state index contributed by atoms with van der Waals surface area (Å²) in [5.74, 6) is 1.55. The molecule has 0 bridgehead atoms. The predicted octanol–water partition coefficient (Wildman–Crippen LogP) is 4.57. The first kappa shape index (κ1) is 22.9. The van der Waals surface area contributed by atoms with Crippen LogP contribution in [0.25, 0.3) is 10.9 Å². The summed E-state index contributed by atoms with van der Waals surface area (Å²) in [7, 11) is 0. The van der Waals surface area contributed by atoms with Crippen molar-refractivity contribution in [3.63, 3.8) is 0 Å². The van der Waals surface area contributed by atoms with E-state index in [1.807, 2.05) is 35.9 Å². The molecule has 1 aliphatic carbocycles. The first-order valence-electron chi connectivity index (χ1n) is 13.1. The minimum Gasteiger partial charge on any atom is -0.494 e. The van der Waals surface area contributed by atoms with Crippen molar-refractivity contribution in [1.82, 2.24) is 30.1 Å². The molecule has 6 rings (SSSR count). The summed E-state index contributed by atoms with van der Waals surface area (Å²) in [6, 6.07) is 16.3. The number of tetrazole rings is 1. The smallest absolute Gasteiger partial charge is 0.253 e. The zero-order valence-electron chi connectivity index (χ0n) is 20.7. The summed E-state index contributed by atoms with van der Waals surface area (Å²) in [5.41, 5.74) is 4.02. The standard InChI is InChI=1S/C28H32N6O2/c1-2-36-23-12-13-25-21(16-23)17-24(28(35)29-25)26(33-15-14-19-8-6-7-9-20(19)18-33)27-30-31-32-34(27)22-10-4-3-5-11-22/h6-9,12-13,16-17,22,26H,2-5,10-11,14-15,18H2,1H3,(H,29,35)/t26-/m0/s1. The Hall–Kier alpha value is -3.52. The number of benzene rings is 2. The number of hydrogen-bond acceptors (Lipinski definition) is 6. The number of pyridine rings is 1. The molecule has 0 unspecified atom stereocenters. The van der Waals surface area contributed by atoms with E-state index >= 15 is 0 Å². The Bertz CT molecular complexity index is 1420. The Morgan fingerprint density at radius 1 is 1.08 bits per heavy atom. The number of nitrogens with zero attached hydrogens (tertiary/aromatic N) is 5. The van der Waals surface area contributed by atoms with Gasteiger partial charge in [-0.25, -0.2) is 4.68 Å². The summed E-state index contributed by atoms with van der Waals surface area (Å²) in [6.07, 6.45) is 6.69. The quantitative estimate of drug-likeness (QED) is 0.431. The molecule has 0 radical (unpaired) electrons. The normalized spacial score (nSPS) is 17.7. The van der Waals surface area contributed by atoms with E-state index in [4.69, 9.17) is 4.74 Å². The zero-order valence-corrected chi connectivity index (χ0v) is 20.7. The molecule has 2 aromatic carbocycles. The van der Waals surface area contributed by atoms with Crippen molar-refractivity contribution in [1.29, 1.82) is 0 Å². The van der Waals surface area contributed by atoms with Crippen molar-refractivity contribution in [2.45, 2.75) is 64.1 Å². The number of aromatic amines is 1. The second kappa shape index (κ2) is 9.85. The summed E-state index contributed by atoms with van der Waals surface area (Å²) in [5, 5.41) is 14.1. The number of rotatable bonds is 6. The molecular weight excluding hydrogens is 452 g/mol. The fourth-order valence-electron chi connectivity index (χ4n) is 5.86. The van der Waals surface area contributed by atoms with E-state index < -0.39 is 0 Å². The van der Waals surface area contributed by atoms with Crippen LogP contribution in [0.3, 0.4) is 0 Å². The van der Waals surface area contributed by atoms with Crippen LogP contribution < -0.4 is 10.3 Å². The third-order valence-electron chi connectivity index (χ3n) is 7.66. The molecule has 1 saturated carbocycles. The first-order chi connectivity index (χ1) is 17.7. The lowest BCUT2D eigenvalue weighted by Gasteiger charge is -2.35. The highest BCUT2D eigenvalue weighted by atomic mass is 16.5. The molecule has 0 amide bonds. The molecule has 4 aromatic rings. The molecule has 1 fully saturated rings. The molecule has 8 heteroatoms. The highest BCUT2D eigenvalue weighted by Gasteiger charge is 2.34. The number of nitrogens with one attached hydrogen (secondary N) is 1. The Kier molecular flexibility index (Phi) is 6.27. The molecule has 1 N–H and O–H groups in total. The maximum absolute atomic E-state index is 13.6. The van der Waals surface area contributed by atoms with Gasteiger partial charge in [0.25, 0.3) is 5.56 Å². The molecule has 8 nitrogen and oxygen atoms in total. The largest absolute Gasteiger partial charge is 0.494 e. The average molecular weight is 485 g/mol. The fraction of sp³-hybridized carbons (Fsp3) is 0.429. The fourth-order valence-corrected chi connectivity index (χ4v) is 5.86. The van der Waals surface area contributed by atoms with Gasteiger partial charge in [0.2, 0.25) is 0 Å². The van der Waals surface area contributed by atoms with Crippen LogP contribution in [0.15, 0.2) is 53.3 Å². The summed E-state index contributed by atoms with van der Waals surface area (Å²) >= 11 is 0. The predicted molar refractivity (Wildman–Crippen MR) is 138 cm³/mol. The molecular formula is C28H32N6O2. The maximum Gasteiger partial charge on any atom is 0.253 e. The summed E-state index contributed by atoms with van der Waals surface area (Å²) in [4.78, 5) is 19.0. The Balaban J connectivity index is 1.48. The van der Waals surface area contributed by atoms with Crippen LogP contribution in [0.1, 0.15) is 73.6 Å². The molecule has 1 aliphatic heterocycles. The van der Waals surface area contributed by atoms with Crippen molar-refractivity contribution in [3.8, 4) is 5.75 Å². The zero-order chi connectivity index (χ0) is 24.5. The second-order valence-corrected chi connectivity index (χ2v) is 9.90. The van der Waals surface area contributed by atoms with Crippen LogP contribution in [0, 0.1) is 0 Å². The van der Waals surface area contributed by atoms with Crippen LogP contribution in [0.5, 0.6) is 5.75 Å². The lowest BCUT2D eigenvalue weighted by molar-refractivity contribution is 0.187. The van der Waals surface area contributed by atoms with E-state index in [-0.39, 0.29) is 17.6 Å². The minimum absolute atomic E-state index is 0.103. The average Bonchev–Trinajstić information content (AvgIpc) is 3.39. The third-order valence-corrected chi connectivity index (χ3v) is 7.66. The molecule has 2 aromatic heterocycles. The second-order valence-electron chi connectivity index (χ2n) is 9.90. The molecule has 2 aliphatic rings. The van der Waals surface area contributed by atoms with Crippen LogP contribution in [0.2, 0.25) is 0 Å². The van der Waals surface area contributed by atoms with Crippen molar-refractivity contribution < 1.29 is 4.74 Å². The number of ether oxygens (including phenoxy) is 1. The first-order valence-corrected chi connectivity index (χ1v) is 13.1. The molecule has 3 heterocycles. The van der Waals surface area contributed by atoms with Crippen LogP contribution in [-0.2, 0) is 13.0 Å². The van der Waals surface area contributed by atoms with Crippen LogP contribution in [-0.4, -0.2) is 43.2 Å². The van der Waals surface area contributed by atoms with Crippen molar-refractivity contribution in [3.05, 3.63) is 81.4 Å². The van der Waals surface area contributed by atoms with Crippen molar-refractivity contribution in [2.24, 2.45) is 0 Å². The molecule has 1 atom stereocenters. The number of aromatic nitrogens is 5. The van der Waals surface area contributed by atoms with E-state index in [0.29, 0.717) is 12.2 Å². The molecule has 0 saturated heterocycles. The van der Waals surface area contributed by atoms with E-state index in [2.05, 4.69) is 49.7 Å². The van der Waals surface area contributed by atoms with Gasteiger partial charge < -0.3 is 9.72 Å². The van der Waals surface area contributed by atoms with Gasteiger partial charge in [0.15, 0.2) is 5.82 Å². The topological polar surface area (TPSA) is 88.9 Å². The van der Waals surface area contributed by atoms with Gasteiger partial charge in [-0.05, 0) is 72.0 Å².